The number of unbranched alkanes of at least 4 members (excludes halogenated alkanes) is 1. The molecule has 1 aliphatic heterocycles. The van der Waals surface area contributed by atoms with Gasteiger partial charge in [0.2, 0.25) is 0 Å². The fourth-order valence-electron chi connectivity index (χ4n) is 2.02. The third kappa shape index (κ3) is 6.77. The largest absolute Gasteiger partial charge is 0.460 e. The van der Waals surface area contributed by atoms with Crippen LogP contribution in [0.4, 0.5) is 0 Å². The zero-order chi connectivity index (χ0) is 17.5. The number of aliphatic hydroxyl groups is 1. The Morgan fingerprint density at radius 1 is 1.09 bits per heavy atom. The normalized spacial score (nSPS) is 15.0. The number of rotatable bonds is 9. The lowest BCUT2D eigenvalue weighted by Gasteiger charge is -2.24. The lowest BCUT2D eigenvalue weighted by molar-refractivity contribution is -0.197. The third-order valence-corrected chi connectivity index (χ3v) is 3.31. The molecule has 1 rings (SSSR count). The van der Waals surface area contributed by atoms with Gasteiger partial charge in [0.15, 0.2) is 0 Å². The van der Waals surface area contributed by atoms with E-state index in [4.69, 9.17) is 14.7 Å². The van der Waals surface area contributed by atoms with Crippen LogP contribution < -0.4 is 0 Å². The van der Waals surface area contributed by atoms with Crippen LogP contribution in [-0.2, 0) is 28.8 Å². The Kier molecular flexibility index (Phi) is 7.15. The molecule has 23 heavy (non-hydrogen) atoms. The molecule has 0 spiro atoms. The Bertz CT molecular complexity index is 456. The summed E-state index contributed by atoms with van der Waals surface area (Å²) >= 11 is 0. The van der Waals surface area contributed by atoms with E-state index in [0.29, 0.717) is 24.3 Å². The van der Waals surface area contributed by atoms with Crippen molar-refractivity contribution in [2.75, 3.05) is 6.61 Å². The molecule has 1 N–H and O–H groups in total. The first-order valence-electron chi connectivity index (χ1n) is 7.64. The van der Waals surface area contributed by atoms with Crippen LogP contribution in [0.25, 0.3) is 0 Å². The zero-order valence-corrected chi connectivity index (χ0v) is 13.5. The number of aliphatic hydroxyl groups excluding tert-OH is 1. The van der Waals surface area contributed by atoms with Gasteiger partial charge in [0, 0.05) is 38.7 Å². The quantitative estimate of drug-likeness (QED) is 0.379. The van der Waals surface area contributed by atoms with Crippen LogP contribution in [0.15, 0.2) is 0 Å². The maximum absolute atomic E-state index is 11.6. The van der Waals surface area contributed by atoms with Gasteiger partial charge in [0.1, 0.15) is 5.60 Å². The highest BCUT2D eigenvalue weighted by Crippen LogP contribution is 2.16. The minimum atomic E-state index is -0.721. The van der Waals surface area contributed by atoms with Crippen LogP contribution >= 0.6 is 0 Å². The maximum atomic E-state index is 11.6. The number of ether oxygens (including phenoxy) is 1. The molecule has 1 heterocycles. The fraction of sp³-hybridized carbons (Fsp3) is 0.733. The van der Waals surface area contributed by atoms with E-state index in [1.807, 2.05) is 0 Å². The summed E-state index contributed by atoms with van der Waals surface area (Å²) in [6.45, 7) is 3.35. The molecular formula is C15H23NO7. The third-order valence-electron chi connectivity index (χ3n) is 3.31. The highest BCUT2D eigenvalue weighted by Gasteiger charge is 2.32. The molecule has 0 aromatic heterocycles. The highest BCUT2D eigenvalue weighted by atomic mass is 16.7. The van der Waals surface area contributed by atoms with Crippen molar-refractivity contribution in [1.82, 2.24) is 5.06 Å². The van der Waals surface area contributed by atoms with Gasteiger partial charge in [-0.3, -0.25) is 14.4 Å². The standard InChI is InChI=1S/C15H23NO7/c1-15(2,9-10-17)22-13(20)5-3-4-6-14(21)23-16-11(18)7-8-12(16)19/h17H,3-10H2,1-2H3. The summed E-state index contributed by atoms with van der Waals surface area (Å²) < 4.78 is 5.21. The van der Waals surface area contributed by atoms with E-state index in [-0.39, 0.29) is 32.3 Å². The number of hydrogen-bond acceptors (Lipinski definition) is 7. The summed E-state index contributed by atoms with van der Waals surface area (Å²) in [4.78, 5) is 50.4. The number of amides is 2. The molecule has 130 valence electrons. The van der Waals surface area contributed by atoms with E-state index in [1.165, 1.54) is 0 Å². The maximum Gasteiger partial charge on any atom is 0.333 e. The Morgan fingerprint density at radius 2 is 1.61 bits per heavy atom. The van der Waals surface area contributed by atoms with E-state index in [2.05, 4.69) is 0 Å². The van der Waals surface area contributed by atoms with E-state index >= 15 is 0 Å². The second-order valence-corrected chi connectivity index (χ2v) is 5.96. The molecule has 8 nitrogen and oxygen atoms in total. The number of imide groups is 1. The van der Waals surface area contributed by atoms with Crippen molar-refractivity contribution in [3.05, 3.63) is 0 Å². The van der Waals surface area contributed by atoms with Crippen LogP contribution in [0.1, 0.15) is 58.8 Å². The summed E-state index contributed by atoms with van der Waals surface area (Å²) in [6.07, 6.45) is 1.41. The Morgan fingerprint density at radius 3 is 2.13 bits per heavy atom. The van der Waals surface area contributed by atoms with Crippen LogP contribution in [0.5, 0.6) is 0 Å². The number of hydrogen-bond donors (Lipinski definition) is 1. The van der Waals surface area contributed by atoms with Crippen LogP contribution in [0.2, 0.25) is 0 Å². The van der Waals surface area contributed by atoms with Gasteiger partial charge in [0.25, 0.3) is 11.8 Å². The molecule has 0 aliphatic carbocycles. The van der Waals surface area contributed by atoms with E-state index in [1.54, 1.807) is 13.8 Å². The van der Waals surface area contributed by atoms with Gasteiger partial charge in [-0.2, -0.15) is 0 Å². The molecule has 0 aromatic carbocycles. The van der Waals surface area contributed by atoms with Crippen LogP contribution in [0.3, 0.4) is 0 Å². The molecule has 1 saturated heterocycles. The molecule has 1 aliphatic rings. The van der Waals surface area contributed by atoms with Gasteiger partial charge in [-0.25, -0.2) is 4.79 Å². The topological polar surface area (TPSA) is 110 Å². The fourth-order valence-corrected chi connectivity index (χ4v) is 2.02. The average Bonchev–Trinajstić information content (AvgIpc) is 2.75. The number of carbonyl (C=O) groups is 4. The Balaban J connectivity index is 2.19. The van der Waals surface area contributed by atoms with E-state index < -0.39 is 29.4 Å². The molecule has 0 atom stereocenters. The lowest BCUT2D eigenvalue weighted by atomic mass is 10.1. The van der Waals surface area contributed by atoms with Gasteiger partial charge in [-0.15, -0.1) is 5.06 Å². The van der Waals surface area contributed by atoms with Crippen LogP contribution in [-0.4, -0.2) is 46.1 Å². The second-order valence-electron chi connectivity index (χ2n) is 5.96. The van der Waals surface area contributed by atoms with Crippen molar-refractivity contribution >= 4 is 23.8 Å². The van der Waals surface area contributed by atoms with Crippen molar-refractivity contribution in [2.24, 2.45) is 0 Å². The van der Waals surface area contributed by atoms with Gasteiger partial charge in [0.05, 0.1) is 0 Å². The molecule has 2 amide bonds. The van der Waals surface area contributed by atoms with Gasteiger partial charge < -0.3 is 14.7 Å². The first-order chi connectivity index (χ1) is 10.7. The average molecular weight is 329 g/mol. The first kappa shape index (κ1) is 19.1. The predicted octanol–water partition coefficient (Wildman–Crippen LogP) is 0.858. The molecule has 0 aromatic rings. The predicted molar refractivity (Wildman–Crippen MR) is 77.5 cm³/mol. The number of hydroxylamine groups is 2. The summed E-state index contributed by atoms with van der Waals surface area (Å²) in [5.74, 6) is -2.11. The molecule has 0 radical (unpaired) electrons. The Labute approximate surface area is 134 Å². The first-order valence-corrected chi connectivity index (χ1v) is 7.64. The van der Waals surface area contributed by atoms with Gasteiger partial charge in [-0.1, -0.05) is 0 Å². The number of nitrogens with zero attached hydrogens (tertiary/aromatic N) is 1. The SMILES string of the molecule is CC(C)(CCO)OC(=O)CCCCC(=O)ON1C(=O)CCC1=O. The summed E-state index contributed by atoms with van der Waals surface area (Å²) in [5, 5.41) is 9.36. The highest BCUT2D eigenvalue weighted by molar-refractivity contribution is 6.01. The van der Waals surface area contributed by atoms with Gasteiger partial charge >= 0.3 is 11.9 Å². The van der Waals surface area contributed by atoms with Crippen molar-refractivity contribution in [3.63, 3.8) is 0 Å². The van der Waals surface area contributed by atoms with Crippen molar-refractivity contribution in [2.45, 2.75) is 64.4 Å². The number of esters is 1. The molecule has 0 saturated carbocycles. The smallest absolute Gasteiger partial charge is 0.333 e. The summed E-state index contributed by atoms with van der Waals surface area (Å²) in [7, 11) is 0. The minimum Gasteiger partial charge on any atom is -0.460 e. The van der Waals surface area contributed by atoms with Gasteiger partial charge in [-0.05, 0) is 26.7 Å². The Hall–Kier alpha value is -1.96. The zero-order valence-electron chi connectivity index (χ0n) is 13.5. The van der Waals surface area contributed by atoms with Crippen molar-refractivity contribution in [1.29, 1.82) is 0 Å². The molecule has 0 unspecified atom stereocenters. The van der Waals surface area contributed by atoms with Crippen molar-refractivity contribution < 1.29 is 33.9 Å². The van der Waals surface area contributed by atoms with Crippen LogP contribution in [0, 0.1) is 0 Å². The summed E-state index contributed by atoms with van der Waals surface area (Å²) in [6, 6.07) is 0. The minimum absolute atomic E-state index is 0.00434. The lowest BCUT2D eigenvalue weighted by Crippen LogP contribution is -2.32. The van der Waals surface area contributed by atoms with E-state index in [0.717, 1.165) is 0 Å². The van der Waals surface area contributed by atoms with Crippen molar-refractivity contribution in [3.8, 4) is 0 Å². The summed E-state index contributed by atoms with van der Waals surface area (Å²) in [5.41, 5.74) is -0.721. The number of carbonyl (C=O) groups excluding carboxylic acids is 4. The molecule has 1 fully saturated rings. The molecule has 0 bridgehead atoms. The second kappa shape index (κ2) is 8.61. The molecule has 8 heteroatoms. The van der Waals surface area contributed by atoms with E-state index in [9.17, 15) is 19.2 Å². The monoisotopic (exact) mass is 329 g/mol. The molecular weight excluding hydrogens is 306 g/mol.